The first kappa shape index (κ1) is 27.8. The van der Waals surface area contributed by atoms with Crippen molar-refractivity contribution in [1.82, 2.24) is 0 Å². The van der Waals surface area contributed by atoms with Gasteiger partial charge in [-0.05, 0) is 0 Å². The topological polar surface area (TPSA) is 0 Å². The van der Waals surface area contributed by atoms with Crippen molar-refractivity contribution in [2.24, 2.45) is 0 Å². The smallest absolute Gasteiger partial charge is 1.00 e. The van der Waals surface area contributed by atoms with Crippen LogP contribution < -0.4 is 24.8 Å². The van der Waals surface area contributed by atoms with Gasteiger partial charge in [-0.2, -0.15) is 23.3 Å². The van der Waals surface area contributed by atoms with Gasteiger partial charge in [0.2, 0.25) is 0 Å². The average Bonchev–Trinajstić information content (AvgIpc) is 2.85. The van der Waals surface area contributed by atoms with Crippen LogP contribution in [0.5, 0.6) is 0 Å². The zero-order valence-corrected chi connectivity index (χ0v) is 18.8. The van der Waals surface area contributed by atoms with Gasteiger partial charge in [-0.25, -0.2) is 24.3 Å². The van der Waals surface area contributed by atoms with Crippen molar-refractivity contribution in [3.63, 3.8) is 0 Å². The van der Waals surface area contributed by atoms with Crippen LogP contribution in [0.3, 0.4) is 0 Å². The van der Waals surface area contributed by atoms with Gasteiger partial charge in [-0.15, -0.1) is 11.1 Å². The van der Waals surface area contributed by atoms with Crippen LogP contribution in [-0.2, 0) is 32.5 Å². The normalized spacial score (nSPS) is 10.4. The summed E-state index contributed by atoms with van der Waals surface area (Å²) in [5.41, 5.74) is 6.38. The molecule has 0 aliphatic carbocycles. The summed E-state index contributed by atoms with van der Waals surface area (Å²) in [5.74, 6) is 0. The van der Waals surface area contributed by atoms with Crippen molar-refractivity contribution < 1.29 is 46.5 Å². The molecule has 0 aliphatic heterocycles. The molecule has 2 aromatic carbocycles. The SMILES string of the molecule is Cc1ccc[c-]1C(C)(C)C.Cc1ccc[c-]1C(C)(C)C.[Cl-].[Cl-].[Ti+4]. The van der Waals surface area contributed by atoms with E-state index >= 15 is 0 Å². The van der Waals surface area contributed by atoms with E-state index in [9.17, 15) is 0 Å². The van der Waals surface area contributed by atoms with E-state index in [0.717, 1.165) is 0 Å². The molecule has 0 spiro atoms. The van der Waals surface area contributed by atoms with E-state index in [1.165, 1.54) is 22.3 Å². The second-order valence-electron chi connectivity index (χ2n) is 7.74. The predicted octanol–water partition coefficient (Wildman–Crippen LogP) is 0.0283. The van der Waals surface area contributed by atoms with Gasteiger partial charge in [-0.1, -0.05) is 66.2 Å². The minimum absolute atomic E-state index is 0. The summed E-state index contributed by atoms with van der Waals surface area (Å²) in [5, 5.41) is 0. The Morgan fingerprint density at radius 2 is 0.913 bits per heavy atom. The third-order valence-corrected chi connectivity index (χ3v) is 3.68. The summed E-state index contributed by atoms with van der Waals surface area (Å²) in [6, 6.07) is 13.0. The third kappa shape index (κ3) is 8.59. The quantitative estimate of drug-likeness (QED) is 0.441. The van der Waals surface area contributed by atoms with Crippen molar-refractivity contribution in [3.05, 3.63) is 58.7 Å². The van der Waals surface area contributed by atoms with Crippen molar-refractivity contribution >= 4 is 0 Å². The Morgan fingerprint density at radius 3 is 1.00 bits per heavy atom. The molecule has 0 saturated carbocycles. The molecule has 0 heterocycles. The maximum absolute atomic E-state index is 2.25. The molecule has 0 nitrogen and oxygen atoms in total. The fourth-order valence-corrected chi connectivity index (χ4v) is 2.70. The van der Waals surface area contributed by atoms with Crippen LogP contribution in [0.25, 0.3) is 0 Å². The summed E-state index contributed by atoms with van der Waals surface area (Å²) in [4.78, 5) is 0. The number of halogens is 2. The van der Waals surface area contributed by atoms with Crippen LogP contribution in [0.15, 0.2) is 36.4 Å². The fraction of sp³-hybridized carbons (Fsp3) is 0.500. The van der Waals surface area contributed by atoms with Crippen LogP contribution in [0, 0.1) is 13.8 Å². The van der Waals surface area contributed by atoms with Gasteiger partial charge in [-0.3, -0.25) is 0 Å². The Kier molecular flexibility index (Phi) is 13.0. The van der Waals surface area contributed by atoms with Crippen molar-refractivity contribution in [1.29, 1.82) is 0 Å². The zero-order valence-electron chi connectivity index (χ0n) is 15.7. The minimum Gasteiger partial charge on any atom is -1.00 e. The Bertz CT molecular complexity index is 486. The summed E-state index contributed by atoms with van der Waals surface area (Å²) < 4.78 is 0. The van der Waals surface area contributed by atoms with Crippen LogP contribution in [0.2, 0.25) is 0 Å². The van der Waals surface area contributed by atoms with E-state index in [1.807, 2.05) is 0 Å². The van der Waals surface area contributed by atoms with Crippen molar-refractivity contribution in [2.75, 3.05) is 0 Å². The Morgan fingerprint density at radius 1 is 0.652 bits per heavy atom. The maximum Gasteiger partial charge on any atom is 4.00 e. The second-order valence-corrected chi connectivity index (χ2v) is 7.74. The number of hydrogen-bond acceptors (Lipinski definition) is 0. The average molecular weight is 389 g/mol. The van der Waals surface area contributed by atoms with E-state index in [-0.39, 0.29) is 46.5 Å². The largest absolute Gasteiger partial charge is 4.00 e. The first-order valence-electron chi connectivity index (χ1n) is 7.49. The summed E-state index contributed by atoms with van der Waals surface area (Å²) >= 11 is 0. The number of rotatable bonds is 0. The van der Waals surface area contributed by atoms with Crippen LogP contribution in [-0.4, -0.2) is 0 Å². The number of aryl methyl sites for hydroxylation is 2. The molecule has 0 unspecified atom stereocenters. The van der Waals surface area contributed by atoms with Crippen LogP contribution in [0.1, 0.15) is 63.8 Å². The Labute approximate surface area is 170 Å². The van der Waals surface area contributed by atoms with Gasteiger partial charge in [0.1, 0.15) is 0 Å². The molecule has 0 N–H and O–H groups in total. The second kappa shape index (κ2) is 10.8. The first-order valence-corrected chi connectivity index (χ1v) is 7.49. The molecule has 2 rings (SSSR count). The fourth-order valence-electron chi connectivity index (χ4n) is 2.70. The summed E-state index contributed by atoms with van der Waals surface area (Å²) in [7, 11) is 0. The molecule has 128 valence electrons. The molecule has 0 bridgehead atoms. The van der Waals surface area contributed by atoms with Gasteiger partial charge in [0.25, 0.3) is 0 Å². The molecule has 2 aromatic rings. The molecule has 0 aliphatic rings. The monoisotopic (exact) mass is 388 g/mol. The van der Waals surface area contributed by atoms with E-state index in [2.05, 4.69) is 91.8 Å². The van der Waals surface area contributed by atoms with E-state index < -0.39 is 0 Å². The van der Waals surface area contributed by atoms with E-state index in [1.54, 1.807) is 0 Å². The zero-order chi connectivity index (χ0) is 15.6. The molecule has 0 amide bonds. The molecule has 0 saturated heterocycles. The summed E-state index contributed by atoms with van der Waals surface area (Å²) in [6.45, 7) is 17.8. The van der Waals surface area contributed by atoms with E-state index in [4.69, 9.17) is 0 Å². The standard InChI is InChI=1S/2C10H15.2ClH.Ti/c2*1-8-6-5-7-9(8)10(2,3)4;;;/h2*5-7H,1-4H3;2*1H;/q2*-1;;;+4/p-2. The van der Waals surface area contributed by atoms with Crippen LogP contribution >= 0.6 is 0 Å². The van der Waals surface area contributed by atoms with Crippen LogP contribution in [0.4, 0.5) is 0 Å². The first-order chi connectivity index (χ1) is 9.03. The molecule has 23 heavy (non-hydrogen) atoms. The molecule has 0 radical (unpaired) electrons. The predicted molar refractivity (Wildman–Crippen MR) is 90.9 cm³/mol. The van der Waals surface area contributed by atoms with Gasteiger partial charge in [0.05, 0.1) is 0 Å². The van der Waals surface area contributed by atoms with E-state index in [0.29, 0.717) is 10.8 Å². The van der Waals surface area contributed by atoms with Gasteiger partial charge in [0.15, 0.2) is 0 Å². The third-order valence-electron chi connectivity index (χ3n) is 3.68. The molecular weight excluding hydrogens is 359 g/mol. The molecule has 0 aromatic heterocycles. The maximum atomic E-state index is 2.25. The van der Waals surface area contributed by atoms with Gasteiger partial charge in [0, 0.05) is 0 Å². The number of hydrogen-bond donors (Lipinski definition) is 0. The Hall–Kier alpha value is -0.00571. The van der Waals surface area contributed by atoms with Crippen molar-refractivity contribution in [3.8, 4) is 0 Å². The molecule has 0 fully saturated rings. The minimum atomic E-state index is 0. The van der Waals surface area contributed by atoms with Gasteiger partial charge >= 0.3 is 21.7 Å². The molecule has 3 heteroatoms. The Balaban J connectivity index is -0.000000308. The van der Waals surface area contributed by atoms with Gasteiger partial charge < -0.3 is 24.8 Å². The molecular formula is C20H30Cl2Ti. The van der Waals surface area contributed by atoms with Crippen molar-refractivity contribution in [2.45, 2.75) is 66.2 Å². The summed E-state index contributed by atoms with van der Waals surface area (Å²) in [6.07, 6.45) is 0. The molecule has 0 atom stereocenters.